The van der Waals surface area contributed by atoms with Crippen LogP contribution < -0.4 is 0 Å². The van der Waals surface area contributed by atoms with E-state index in [0.29, 0.717) is 11.8 Å². The standard InChI is InChI=1S/C11H10O3/c1-8(13)10-5-4-9(3-2-6-12)7-11(10)14/h2-7,14H,1H3. The van der Waals surface area contributed by atoms with E-state index in [2.05, 4.69) is 0 Å². The highest BCUT2D eigenvalue weighted by Crippen LogP contribution is 2.19. The Hall–Kier alpha value is -1.90. The van der Waals surface area contributed by atoms with Crippen LogP contribution in [0.5, 0.6) is 5.75 Å². The third-order valence-electron chi connectivity index (χ3n) is 1.77. The molecule has 0 aliphatic carbocycles. The number of ketones is 1. The average Bonchev–Trinajstić information content (AvgIpc) is 2.14. The summed E-state index contributed by atoms with van der Waals surface area (Å²) in [6.45, 7) is 1.38. The van der Waals surface area contributed by atoms with Gasteiger partial charge in [0, 0.05) is 0 Å². The molecule has 0 spiro atoms. The van der Waals surface area contributed by atoms with Crippen molar-refractivity contribution in [2.24, 2.45) is 0 Å². The summed E-state index contributed by atoms with van der Waals surface area (Å²) in [4.78, 5) is 21.0. The predicted molar refractivity (Wildman–Crippen MR) is 53.2 cm³/mol. The maximum Gasteiger partial charge on any atom is 0.163 e. The molecule has 0 bridgehead atoms. The third kappa shape index (κ3) is 2.29. The second-order valence-electron chi connectivity index (χ2n) is 2.83. The van der Waals surface area contributed by atoms with E-state index in [0.717, 1.165) is 0 Å². The zero-order valence-corrected chi connectivity index (χ0v) is 7.73. The average molecular weight is 190 g/mol. The van der Waals surface area contributed by atoms with Crippen LogP contribution in [0.25, 0.3) is 6.08 Å². The van der Waals surface area contributed by atoms with Gasteiger partial charge in [-0.05, 0) is 30.7 Å². The molecule has 3 heteroatoms. The van der Waals surface area contributed by atoms with Gasteiger partial charge in [0.2, 0.25) is 0 Å². The van der Waals surface area contributed by atoms with Gasteiger partial charge in [0.15, 0.2) is 5.78 Å². The number of benzene rings is 1. The fraction of sp³-hybridized carbons (Fsp3) is 0.0909. The number of aldehydes is 1. The molecule has 0 unspecified atom stereocenters. The maximum absolute atomic E-state index is 11.0. The number of hydrogen-bond acceptors (Lipinski definition) is 3. The monoisotopic (exact) mass is 190 g/mol. The second-order valence-corrected chi connectivity index (χ2v) is 2.83. The van der Waals surface area contributed by atoms with E-state index in [9.17, 15) is 14.7 Å². The number of Topliss-reactive ketones (excluding diaryl/α,β-unsaturated/α-hetero) is 1. The van der Waals surface area contributed by atoms with Crippen molar-refractivity contribution in [3.63, 3.8) is 0 Å². The van der Waals surface area contributed by atoms with Gasteiger partial charge in [-0.15, -0.1) is 0 Å². The largest absolute Gasteiger partial charge is 0.507 e. The Bertz CT molecular complexity index is 392. The number of aromatic hydroxyl groups is 1. The molecule has 14 heavy (non-hydrogen) atoms. The van der Waals surface area contributed by atoms with Crippen molar-refractivity contribution in [1.29, 1.82) is 0 Å². The zero-order chi connectivity index (χ0) is 10.6. The molecule has 1 N–H and O–H groups in total. The van der Waals surface area contributed by atoms with Crippen LogP contribution in [0.3, 0.4) is 0 Å². The van der Waals surface area contributed by atoms with Gasteiger partial charge in [-0.3, -0.25) is 9.59 Å². The minimum absolute atomic E-state index is 0.0643. The van der Waals surface area contributed by atoms with Crippen molar-refractivity contribution in [1.82, 2.24) is 0 Å². The number of rotatable bonds is 3. The van der Waals surface area contributed by atoms with Crippen LogP contribution >= 0.6 is 0 Å². The summed E-state index contributed by atoms with van der Waals surface area (Å²) in [5.74, 6) is -0.251. The molecule has 72 valence electrons. The van der Waals surface area contributed by atoms with E-state index in [1.165, 1.54) is 25.1 Å². The van der Waals surface area contributed by atoms with Gasteiger partial charge < -0.3 is 5.11 Å². The number of carbonyl (C=O) groups is 2. The van der Waals surface area contributed by atoms with Crippen molar-refractivity contribution in [3.8, 4) is 5.75 Å². The van der Waals surface area contributed by atoms with Gasteiger partial charge in [0.05, 0.1) is 5.56 Å². The van der Waals surface area contributed by atoms with Crippen molar-refractivity contribution >= 4 is 18.1 Å². The molecule has 1 aromatic carbocycles. The fourth-order valence-electron chi connectivity index (χ4n) is 1.10. The first-order valence-electron chi connectivity index (χ1n) is 4.11. The molecule has 0 fully saturated rings. The van der Waals surface area contributed by atoms with Crippen molar-refractivity contribution in [2.75, 3.05) is 0 Å². The third-order valence-corrected chi connectivity index (χ3v) is 1.77. The number of hydrogen-bond donors (Lipinski definition) is 1. The molecule has 0 aromatic heterocycles. The van der Waals surface area contributed by atoms with Crippen molar-refractivity contribution < 1.29 is 14.7 Å². The smallest absolute Gasteiger partial charge is 0.163 e. The van der Waals surface area contributed by atoms with E-state index < -0.39 is 0 Å². The molecular weight excluding hydrogens is 180 g/mol. The minimum atomic E-state index is -0.187. The molecule has 0 atom stereocenters. The first kappa shape index (κ1) is 10.2. The Morgan fingerprint density at radius 1 is 1.43 bits per heavy atom. The van der Waals surface area contributed by atoms with Crippen LogP contribution in [0.4, 0.5) is 0 Å². The van der Waals surface area contributed by atoms with Crippen LogP contribution in [-0.2, 0) is 4.79 Å². The molecule has 0 aliphatic heterocycles. The summed E-state index contributed by atoms with van der Waals surface area (Å²) in [7, 11) is 0. The fourth-order valence-corrected chi connectivity index (χ4v) is 1.10. The lowest BCUT2D eigenvalue weighted by Gasteiger charge is -2.00. The van der Waals surface area contributed by atoms with Gasteiger partial charge >= 0.3 is 0 Å². The Labute approximate surface area is 81.7 Å². The van der Waals surface area contributed by atoms with E-state index >= 15 is 0 Å². The Morgan fingerprint density at radius 3 is 2.64 bits per heavy atom. The molecule has 0 saturated heterocycles. The summed E-state index contributed by atoms with van der Waals surface area (Å²) in [6.07, 6.45) is 3.52. The minimum Gasteiger partial charge on any atom is -0.507 e. The van der Waals surface area contributed by atoms with Gasteiger partial charge in [-0.25, -0.2) is 0 Å². The molecule has 0 amide bonds. The molecule has 0 saturated carbocycles. The Kier molecular flexibility index (Phi) is 3.18. The first-order valence-corrected chi connectivity index (χ1v) is 4.11. The highest BCUT2D eigenvalue weighted by Gasteiger charge is 2.05. The number of phenols is 1. The lowest BCUT2D eigenvalue weighted by molar-refractivity contribution is -0.104. The predicted octanol–water partition coefficient (Wildman–Crippen LogP) is 1.81. The summed E-state index contributed by atoms with van der Waals surface area (Å²) >= 11 is 0. The first-order chi connectivity index (χ1) is 6.65. The van der Waals surface area contributed by atoms with Gasteiger partial charge in [-0.1, -0.05) is 12.1 Å². The molecule has 0 radical (unpaired) electrons. The number of allylic oxidation sites excluding steroid dienone is 1. The summed E-state index contributed by atoms with van der Waals surface area (Å²) in [5.41, 5.74) is 0.966. The van der Waals surface area contributed by atoms with Crippen LogP contribution in [0, 0.1) is 0 Å². The van der Waals surface area contributed by atoms with Gasteiger partial charge in [-0.2, -0.15) is 0 Å². The van der Waals surface area contributed by atoms with Gasteiger partial charge in [0.1, 0.15) is 12.0 Å². The highest BCUT2D eigenvalue weighted by molar-refractivity contribution is 5.97. The molecule has 3 nitrogen and oxygen atoms in total. The topological polar surface area (TPSA) is 54.4 Å². The molecular formula is C11H10O3. The number of phenolic OH excluding ortho intramolecular Hbond substituents is 1. The van der Waals surface area contributed by atoms with E-state index in [1.54, 1.807) is 12.1 Å². The van der Waals surface area contributed by atoms with Crippen LogP contribution in [0.2, 0.25) is 0 Å². The van der Waals surface area contributed by atoms with Crippen LogP contribution in [-0.4, -0.2) is 17.2 Å². The summed E-state index contributed by atoms with van der Waals surface area (Å²) in [5, 5.41) is 9.42. The summed E-state index contributed by atoms with van der Waals surface area (Å²) < 4.78 is 0. The van der Waals surface area contributed by atoms with Crippen molar-refractivity contribution in [3.05, 3.63) is 35.4 Å². The van der Waals surface area contributed by atoms with E-state index in [1.807, 2.05) is 0 Å². The second kappa shape index (κ2) is 4.37. The van der Waals surface area contributed by atoms with E-state index in [4.69, 9.17) is 0 Å². The Balaban J connectivity index is 3.06. The molecule has 1 rings (SSSR count). The van der Waals surface area contributed by atoms with Crippen molar-refractivity contribution in [2.45, 2.75) is 6.92 Å². The highest BCUT2D eigenvalue weighted by atomic mass is 16.3. The zero-order valence-electron chi connectivity index (χ0n) is 7.73. The molecule has 0 heterocycles. The van der Waals surface area contributed by atoms with Crippen LogP contribution in [0.1, 0.15) is 22.8 Å². The Morgan fingerprint density at radius 2 is 2.14 bits per heavy atom. The van der Waals surface area contributed by atoms with E-state index in [-0.39, 0.29) is 17.1 Å². The molecule has 1 aromatic rings. The lowest BCUT2D eigenvalue weighted by atomic mass is 10.1. The SMILES string of the molecule is CC(=O)c1ccc(C=CC=O)cc1O. The van der Waals surface area contributed by atoms with Crippen LogP contribution in [0.15, 0.2) is 24.3 Å². The summed E-state index contributed by atoms with van der Waals surface area (Å²) in [6, 6.07) is 4.63. The lowest BCUT2D eigenvalue weighted by Crippen LogP contribution is -1.92. The quantitative estimate of drug-likeness (QED) is 0.449. The maximum atomic E-state index is 11.0. The normalized spacial score (nSPS) is 10.4. The number of carbonyl (C=O) groups excluding carboxylic acids is 2. The van der Waals surface area contributed by atoms with Gasteiger partial charge in [0.25, 0.3) is 0 Å². The molecule has 0 aliphatic rings.